The molecular weight excluding hydrogens is 214 g/mol. The van der Waals surface area contributed by atoms with Crippen molar-refractivity contribution >= 4 is 19.8 Å². The number of rotatable bonds is 2. The molecule has 0 atom stereocenters. The molecule has 0 saturated carbocycles. The van der Waals surface area contributed by atoms with Gasteiger partial charge in [-0.1, -0.05) is 0 Å². The van der Waals surface area contributed by atoms with Crippen LogP contribution in [0.1, 0.15) is 0 Å². The van der Waals surface area contributed by atoms with Crippen molar-refractivity contribution < 1.29 is 43.4 Å². The average molecular weight is 220 g/mol. The van der Waals surface area contributed by atoms with Crippen molar-refractivity contribution in [1.82, 2.24) is 0 Å². The minimum Gasteiger partial charge on any atom is -0.479 e. The largest absolute Gasteiger partial charge is 0.479 e. The molecule has 78 valence electrons. The van der Waals surface area contributed by atoms with Gasteiger partial charge >= 0.3 is 19.8 Å². The first-order valence-corrected chi connectivity index (χ1v) is 4.00. The summed E-state index contributed by atoms with van der Waals surface area (Å²) in [7, 11) is -4.64. The summed E-state index contributed by atoms with van der Waals surface area (Å²) in [4.78, 5) is 40.3. The van der Waals surface area contributed by atoms with Crippen LogP contribution in [-0.2, 0) is 14.2 Å². The average Bonchev–Trinajstić information content (AvgIpc) is 1.81. The molecule has 0 unspecified atom stereocenters. The van der Waals surface area contributed by atoms with Crippen LogP contribution in [0, 0.1) is 0 Å². The molecule has 0 amide bonds. The van der Waals surface area contributed by atoms with Gasteiger partial charge in [-0.05, 0) is 0 Å². The van der Waals surface area contributed by atoms with Gasteiger partial charge in [0.25, 0.3) is 6.17 Å². The fraction of sp³-hybridized carbons (Fsp3) is 0.333. The second-order valence-corrected chi connectivity index (χ2v) is 2.58. The third kappa shape index (κ3) is 18.2. The van der Waals surface area contributed by atoms with Gasteiger partial charge in [-0.2, -0.15) is 0 Å². The minimum absolute atomic E-state index is 1.97. The Morgan fingerprint density at radius 2 is 1.23 bits per heavy atom. The van der Waals surface area contributed by atoms with E-state index in [1.807, 2.05) is 0 Å². The maximum Gasteiger partial charge on any atom is 0.466 e. The van der Waals surface area contributed by atoms with Gasteiger partial charge in [-0.15, -0.1) is 0 Å². The number of carboxylic acids is 2. The molecule has 13 heavy (non-hydrogen) atoms. The Bertz CT molecular complexity index is 209. The summed E-state index contributed by atoms with van der Waals surface area (Å²) in [6.45, 7) is 0. The predicted molar refractivity (Wildman–Crippen MR) is 34.4 cm³/mol. The molecule has 10 heteroatoms. The SMILES string of the molecule is O=C(O)C(F)C(=O)O.O=P(O)(O)O. The molecule has 0 heterocycles. The van der Waals surface area contributed by atoms with Crippen LogP contribution >= 0.6 is 7.82 Å². The molecule has 0 bridgehead atoms. The lowest BCUT2D eigenvalue weighted by Gasteiger charge is -1.90. The molecule has 5 N–H and O–H groups in total. The van der Waals surface area contributed by atoms with Crippen LogP contribution in [0.5, 0.6) is 0 Å². The number of hydrogen-bond acceptors (Lipinski definition) is 3. The Kier molecular flexibility index (Phi) is 6.24. The zero-order valence-electron chi connectivity index (χ0n) is 5.86. The van der Waals surface area contributed by atoms with E-state index in [0.717, 1.165) is 0 Å². The summed E-state index contributed by atoms with van der Waals surface area (Å²) in [6.07, 6.45) is -2.80. The first-order chi connectivity index (χ1) is 5.55. The maximum atomic E-state index is 11.4. The molecular formula is C3H6FO8P. The third-order valence-electron chi connectivity index (χ3n) is 0.434. The van der Waals surface area contributed by atoms with Gasteiger partial charge in [0.05, 0.1) is 0 Å². The zero-order valence-corrected chi connectivity index (χ0v) is 6.76. The minimum atomic E-state index is -4.64. The van der Waals surface area contributed by atoms with Gasteiger partial charge in [0.1, 0.15) is 0 Å². The van der Waals surface area contributed by atoms with Gasteiger partial charge in [0, 0.05) is 0 Å². The van der Waals surface area contributed by atoms with E-state index in [0.29, 0.717) is 0 Å². The summed E-state index contributed by atoms with van der Waals surface area (Å²) in [5.41, 5.74) is 0. The lowest BCUT2D eigenvalue weighted by Crippen LogP contribution is -2.24. The van der Waals surface area contributed by atoms with Crippen LogP contribution in [0.25, 0.3) is 0 Å². The van der Waals surface area contributed by atoms with E-state index < -0.39 is 25.9 Å². The van der Waals surface area contributed by atoms with Crippen molar-refractivity contribution in [2.45, 2.75) is 6.17 Å². The molecule has 0 aliphatic rings. The van der Waals surface area contributed by atoms with Crippen molar-refractivity contribution in [2.24, 2.45) is 0 Å². The highest BCUT2D eigenvalue weighted by Crippen LogP contribution is 2.25. The zero-order chi connectivity index (χ0) is 11.2. The quantitative estimate of drug-likeness (QED) is 0.280. The van der Waals surface area contributed by atoms with Crippen molar-refractivity contribution in [1.29, 1.82) is 0 Å². The topological polar surface area (TPSA) is 152 Å². The molecule has 0 aromatic heterocycles. The van der Waals surface area contributed by atoms with Crippen LogP contribution in [0.4, 0.5) is 4.39 Å². The molecule has 0 rings (SSSR count). The van der Waals surface area contributed by atoms with E-state index in [2.05, 4.69) is 0 Å². The van der Waals surface area contributed by atoms with E-state index in [-0.39, 0.29) is 0 Å². The van der Waals surface area contributed by atoms with Gasteiger partial charge < -0.3 is 24.9 Å². The molecule has 0 aliphatic heterocycles. The fourth-order valence-corrected chi connectivity index (χ4v) is 0.106. The standard InChI is InChI=1S/C3H3FO4.H3O4P/c4-1(2(5)6)3(7)8;1-5(2,3)4/h1H,(H,5,6)(H,7,8);(H3,1,2,3,4). The van der Waals surface area contributed by atoms with Crippen molar-refractivity contribution in [3.8, 4) is 0 Å². The second-order valence-electron chi connectivity index (χ2n) is 1.55. The number of carbonyl (C=O) groups is 2. The van der Waals surface area contributed by atoms with Crippen LogP contribution in [0.15, 0.2) is 0 Å². The first kappa shape index (κ1) is 14.5. The Morgan fingerprint density at radius 1 is 1.08 bits per heavy atom. The lowest BCUT2D eigenvalue weighted by atomic mass is 10.4. The first-order valence-electron chi connectivity index (χ1n) is 2.43. The molecule has 8 nitrogen and oxygen atoms in total. The molecule has 0 aromatic rings. The Labute approximate surface area is 70.5 Å². The number of halogens is 1. The summed E-state index contributed by atoms with van der Waals surface area (Å²) in [6, 6.07) is 0. The van der Waals surface area contributed by atoms with Crippen LogP contribution in [0.3, 0.4) is 0 Å². The van der Waals surface area contributed by atoms with E-state index in [4.69, 9.17) is 29.5 Å². The molecule has 0 aliphatic carbocycles. The second kappa shape index (κ2) is 5.60. The third-order valence-corrected chi connectivity index (χ3v) is 0.434. The number of hydrogen-bond donors (Lipinski definition) is 5. The highest BCUT2D eigenvalue weighted by molar-refractivity contribution is 7.45. The Morgan fingerprint density at radius 3 is 1.23 bits per heavy atom. The molecule has 0 spiro atoms. The van der Waals surface area contributed by atoms with Crippen LogP contribution < -0.4 is 0 Å². The van der Waals surface area contributed by atoms with E-state index in [9.17, 15) is 14.0 Å². The molecule has 0 fully saturated rings. The fourth-order valence-electron chi connectivity index (χ4n) is 0.106. The highest BCUT2D eigenvalue weighted by atomic mass is 31.2. The highest BCUT2D eigenvalue weighted by Gasteiger charge is 2.23. The summed E-state index contributed by atoms with van der Waals surface area (Å²) in [5, 5.41) is 15.2. The number of phosphoric acid groups is 1. The van der Waals surface area contributed by atoms with Crippen molar-refractivity contribution in [3.05, 3.63) is 0 Å². The van der Waals surface area contributed by atoms with Gasteiger partial charge in [-0.25, -0.2) is 18.5 Å². The number of alkyl halides is 1. The van der Waals surface area contributed by atoms with E-state index >= 15 is 0 Å². The lowest BCUT2D eigenvalue weighted by molar-refractivity contribution is -0.155. The van der Waals surface area contributed by atoms with Gasteiger partial charge in [0.2, 0.25) is 0 Å². The van der Waals surface area contributed by atoms with E-state index in [1.165, 1.54) is 0 Å². The molecule has 0 radical (unpaired) electrons. The van der Waals surface area contributed by atoms with Gasteiger partial charge in [0.15, 0.2) is 0 Å². The normalized spacial score (nSPS) is 10.2. The smallest absolute Gasteiger partial charge is 0.466 e. The Hall–Kier alpha value is -1.02. The van der Waals surface area contributed by atoms with Gasteiger partial charge in [-0.3, -0.25) is 0 Å². The monoisotopic (exact) mass is 220 g/mol. The Balaban J connectivity index is 0. The maximum absolute atomic E-state index is 11.4. The summed E-state index contributed by atoms with van der Waals surface area (Å²) in [5.74, 6) is -3.95. The molecule has 0 aromatic carbocycles. The van der Waals surface area contributed by atoms with E-state index in [1.54, 1.807) is 0 Å². The van der Waals surface area contributed by atoms with Crippen LogP contribution in [0.2, 0.25) is 0 Å². The number of aliphatic carboxylic acids is 2. The van der Waals surface area contributed by atoms with Crippen molar-refractivity contribution in [2.75, 3.05) is 0 Å². The molecule has 0 saturated heterocycles. The number of carboxylic acid groups (broad SMARTS) is 2. The summed E-state index contributed by atoms with van der Waals surface area (Å²) >= 11 is 0. The van der Waals surface area contributed by atoms with Crippen LogP contribution in [-0.4, -0.2) is 43.0 Å². The predicted octanol–water partition coefficient (Wildman–Crippen LogP) is -1.43. The van der Waals surface area contributed by atoms with Crippen molar-refractivity contribution in [3.63, 3.8) is 0 Å². The summed E-state index contributed by atoms with van der Waals surface area (Å²) < 4.78 is 20.3.